The Kier molecular flexibility index (Phi) is 5.72. The van der Waals surface area contributed by atoms with Crippen molar-refractivity contribution in [3.8, 4) is 0 Å². The molecule has 120 valence electrons. The Morgan fingerprint density at radius 2 is 1.77 bits per heavy atom. The second kappa shape index (κ2) is 7.54. The maximum atomic E-state index is 12.3. The number of hydrogen-bond donors (Lipinski definition) is 2. The summed E-state index contributed by atoms with van der Waals surface area (Å²) in [5, 5.41) is 6.35. The zero-order valence-corrected chi connectivity index (χ0v) is 13.7. The van der Waals surface area contributed by atoms with Crippen molar-refractivity contribution in [2.75, 3.05) is 5.32 Å². The minimum absolute atomic E-state index is 0.0270. The van der Waals surface area contributed by atoms with Gasteiger partial charge in [-0.2, -0.15) is 0 Å². The number of hydrogen-bond acceptors (Lipinski definition) is 3. The number of anilines is 1. The first-order chi connectivity index (χ1) is 10.5. The molecule has 0 unspecified atom stereocenters. The number of carbonyl (C=O) groups excluding carboxylic acids is 2. The topological polar surface area (TPSA) is 58.2 Å². The molecule has 3 atom stereocenters. The van der Waals surface area contributed by atoms with Gasteiger partial charge in [0.2, 0.25) is 5.91 Å². The van der Waals surface area contributed by atoms with Gasteiger partial charge in [-0.15, -0.1) is 0 Å². The van der Waals surface area contributed by atoms with E-state index in [0.29, 0.717) is 17.5 Å². The molecule has 0 aliphatic heterocycles. The van der Waals surface area contributed by atoms with Gasteiger partial charge in [-0.05, 0) is 56.9 Å². The van der Waals surface area contributed by atoms with Gasteiger partial charge in [-0.1, -0.05) is 19.8 Å². The largest absolute Gasteiger partial charge is 0.325 e. The number of ketones is 1. The van der Waals surface area contributed by atoms with E-state index in [-0.39, 0.29) is 17.7 Å². The van der Waals surface area contributed by atoms with Crippen molar-refractivity contribution in [2.45, 2.75) is 58.5 Å². The van der Waals surface area contributed by atoms with Gasteiger partial charge in [-0.3, -0.25) is 9.59 Å². The number of amides is 1. The average Bonchev–Trinajstić information content (AvgIpc) is 2.50. The highest BCUT2D eigenvalue weighted by atomic mass is 16.2. The molecular formula is C18H26N2O2. The summed E-state index contributed by atoms with van der Waals surface area (Å²) in [5.74, 6) is 0.617. The number of rotatable bonds is 5. The third-order valence-corrected chi connectivity index (χ3v) is 4.53. The van der Waals surface area contributed by atoms with Gasteiger partial charge in [0.05, 0.1) is 6.04 Å². The molecule has 1 aromatic rings. The van der Waals surface area contributed by atoms with Gasteiger partial charge in [-0.25, -0.2) is 0 Å². The fraction of sp³-hybridized carbons (Fsp3) is 0.556. The summed E-state index contributed by atoms with van der Waals surface area (Å²) in [6.07, 6.45) is 4.91. The van der Waals surface area contributed by atoms with Gasteiger partial charge < -0.3 is 10.6 Å². The molecular weight excluding hydrogens is 276 g/mol. The van der Waals surface area contributed by atoms with Crippen LogP contribution in [-0.2, 0) is 4.79 Å². The molecule has 2 N–H and O–H groups in total. The van der Waals surface area contributed by atoms with Crippen LogP contribution < -0.4 is 10.6 Å². The lowest BCUT2D eigenvalue weighted by molar-refractivity contribution is -0.118. The van der Waals surface area contributed by atoms with Gasteiger partial charge in [0.25, 0.3) is 0 Å². The minimum Gasteiger partial charge on any atom is -0.325 e. The molecule has 2 rings (SSSR count). The van der Waals surface area contributed by atoms with E-state index in [1.165, 1.54) is 26.2 Å². The van der Waals surface area contributed by atoms with Crippen molar-refractivity contribution in [1.29, 1.82) is 0 Å². The van der Waals surface area contributed by atoms with E-state index < -0.39 is 0 Å². The standard InChI is InChI=1S/C18H26N2O2/c1-12-6-4-5-7-17(12)19-13(2)18(22)20-16-10-8-15(9-11-16)14(3)21/h8-13,17,19H,4-7H2,1-3H3,(H,20,22)/t12-,13+,17-/m1/s1. The van der Waals surface area contributed by atoms with Crippen LogP contribution in [0, 0.1) is 5.92 Å². The molecule has 4 heteroatoms. The molecule has 1 amide bonds. The normalized spacial score (nSPS) is 22.9. The van der Waals surface area contributed by atoms with E-state index in [2.05, 4.69) is 17.6 Å². The van der Waals surface area contributed by atoms with E-state index >= 15 is 0 Å². The lowest BCUT2D eigenvalue weighted by Gasteiger charge is -2.31. The SMILES string of the molecule is CC(=O)c1ccc(NC(=O)[C@H](C)N[C@@H]2CCCC[C@H]2C)cc1. The maximum absolute atomic E-state index is 12.3. The summed E-state index contributed by atoms with van der Waals surface area (Å²) >= 11 is 0. The second-order valence-electron chi connectivity index (χ2n) is 6.38. The molecule has 0 bridgehead atoms. The highest BCUT2D eigenvalue weighted by Gasteiger charge is 2.24. The Morgan fingerprint density at radius 1 is 1.14 bits per heavy atom. The first-order valence-corrected chi connectivity index (χ1v) is 8.15. The average molecular weight is 302 g/mol. The summed E-state index contributed by atoms with van der Waals surface area (Å²) in [7, 11) is 0. The van der Waals surface area contributed by atoms with Crippen molar-refractivity contribution < 1.29 is 9.59 Å². The van der Waals surface area contributed by atoms with E-state index in [1.807, 2.05) is 6.92 Å². The molecule has 1 aliphatic rings. The quantitative estimate of drug-likeness (QED) is 0.820. The Bertz CT molecular complexity index is 524. The maximum Gasteiger partial charge on any atom is 0.241 e. The van der Waals surface area contributed by atoms with Crippen LogP contribution in [-0.4, -0.2) is 23.8 Å². The van der Waals surface area contributed by atoms with Gasteiger partial charge in [0, 0.05) is 17.3 Å². The summed E-state index contributed by atoms with van der Waals surface area (Å²) < 4.78 is 0. The van der Waals surface area contributed by atoms with Crippen molar-refractivity contribution in [1.82, 2.24) is 5.32 Å². The van der Waals surface area contributed by atoms with Crippen LogP contribution in [0.2, 0.25) is 0 Å². The van der Waals surface area contributed by atoms with Crippen molar-refractivity contribution in [3.05, 3.63) is 29.8 Å². The summed E-state index contributed by atoms with van der Waals surface area (Å²) in [6, 6.07) is 7.21. The zero-order valence-electron chi connectivity index (χ0n) is 13.7. The monoisotopic (exact) mass is 302 g/mol. The first kappa shape index (κ1) is 16.7. The number of nitrogens with one attached hydrogen (secondary N) is 2. The smallest absolute Gasteiger partial charge is 0.241 e. The third-order valence-electron chi connectivity index (χ3n) is 4.53. The lowest BCUT2D eigenvalue weighted by Crippen LogP contribution is -2.47. The first-order valence-electron chi connectivity index (χ1n) is 8.15. The van der Waals surface area contributed by atoms with Crippen LogP contribution in [0.4, 0.5) is 5.69 Å². The Balaban J connectivity index is 1.89. The fourth-order valence-electron chi connectivity index (χ4n) is 3.00. The molecule has 22 heavy (non-hydrogen) atoms. The summed E-state index contributed by atoms with van der Waals surface area (Å²) in [6.45, 7) is 5.69. The Labute approximate surface area is 132 Å². The van der Waals surface area contributed by atoms with Crippen LogP contribution in [0.3, 0.4) is 0 Å². The fourth-order valence-corrected chi connectivity index (χ4v) is 3.00. The zero-order chi connectivity index (χ0) is 16.1. The predicted octanol–water partition coefficient (Wildman–Crippen LogP) is 3.38. The molecule has 1 saturated carbocycles. The molecule has 0 spiro atoms. The third kappa shape index (κ3) is 4.41. The minimum atomic E-state index is -0.224. The molecule has 0 aromatic heterocycles. The van der Waals surface area contributed by atoms with E-state index in [0.717, 1.165) is 12.1 Å². The second-order valence-corrected chi connectivity index (χ2v) is 6.38. The predicted molar refractivity (Wildman–Crippen MR) is 89.1 cm³/mol. The van der Waals surface area contributed by atoms with Crippen molar-refractivity contribution in [3.63, 3.8) is 0 Å². The van der Waals surface area contributed by atoms with Crippen molar-refractivity contribution in [2.24, 2.45) is 5.92 Å². The molecule has 4 nitrogen and oxygen atoms in total. The molecule has 0 saturated heterocycles. The van der Waals surface area contributed by atoms with Gasteiger partial charge in [0.15, 0.2) is 5.78 Å². The highest BCUT2D eigenvalue weighted by Crippen LogP contribution is 2.24. The number of Topliss-reactive ketones (excluding diaryl/α,β-unsaturated/α-hetero) is 1. The Morgan fingerprint density at radius 3 is 2.36 bits per heavy atom. The van der Waals surface area contributed by atoms with Crippen LogP contribution in [0.5, 0.6) is 0 Å². The van der Waals surface area contributed by atoms with E-state index in [1.54, 1.807) is 24.3 Å². The summed E-state index contributed by atoms with van der Waals surface area (Å²) in [5.41, 5.74) is 1.38. The van der Waals surface area contributed by atoms with Crippen LogP contribution in [0.1, 0.15) is 56.8 Å². The molecule has 1 fully saturated rings. The summed E-state index contributed by atoms with van der Waals surface area (Å²) in [4.78, 5) is 23.5. The van der Waals surface area contributed by atoms with Crippen LogP contribution in [0.25, 0.3) is 0 Å². The van der Waals surface area contributed by atoms with Crippen molar-refractivity contribution >= 4 is 17.4 Å². The molecule has 0 radical (unpaired) electrons. The molecule has 0 heterocycles. The van der Waals surface area contributed by atoms with Gasteiger partial charge >= 0.3 is 0 Å². The van der Waals surface area contributed by atoms with Gasteiger partial charge in [0.1, 0.15) is 0 Å². The highest BCUT2D eigenvalue weighted by molar-refractivity contribution is 5.96. The van der Waals surface area contributed by atoms with E-state index in [9.17, 15) is 9.59 Å². The Hall–Kier alpha value is -1.68. The number of benzene rings is 1. The lowest BCUT2D eigenvalue weighted by atomic mass is 9.85. The van der Waals surface area contributed by atoms with Crippen LogP contribution in [0.15, 0.2) is 24.3 Å². The molecule has 1 aliphatic carbocycles. The van der Waals surface area contributed by atoms with E-state index in [4.69, 9.17) is 0 Å². The number of carbonyl (C=O) groups is 2. The molecule has 1 aromatic carbocycles. The van der Waals surface area contributed by atoms with Crippen LogP contribution >= 0.6 is 0 Å².